The Hall–Kier alpha value is -2.93. The molecule has 2 aromatic rings. The second-order valence-electron chi connectivity index (χ2n) is 7.01. The summed E-state index contributed by atoms with van der Waals surface area (Å²) in [6, 6.07) is 17.6. The maximum Gasteiger partial charge on any atom is 0.247 e. The highest BCUT2D eigenvalue weighted by atomic mass is 16.1. The van der Waals surface area contributed by atoms with Crippen molar-refractivity contribution in [2.24, 2.45) is 10.9 Å². The van der Waals surface area contributed by atoms with Crippen LogP contribution in [0, 0.1) is 24.2 Å². The van der Waals surface area contributed by atoms with Crippen LogP contribution in [0.1, 0.15) is 30.5 Å². The number of hydrogen-bond acceptors (Lipinski definition) is 3. The predicted molar refractivity (Wildman–Crippen MR) is 99.7 cm³/mol. The highest BCUT2D eigenvalue weighted by molar-refractivity contribution is 6.19. The largest absolute Gasteiger partial charge is 0.324 e. The number of benzene rings is 2. The van der Waals surface area contributed by atoms with Crippen LogP contribution in [0.2, 0.25) is 0 Å². The first-order chi connectivity index (χ1) is 11.9. The van der Waals surface area contributed by atoms with Crippen molar-refractivity contribution in [2.75, 3.05) is 5.32 Å². The summed E-state index contributed by atoms with van der Waals surface area (Å²) >= 11 is 0. The van der Waals surface area contributed by atoms with Crippen LogP contribution in [-0.2, 0) is 11.2 Å². The van der Waals surface area contributed by atoms with Gasteiger partial charge in [0.2, 0.25) is 5.91 Å². The number of hydrogen-bond donors (Lipinski definition) is 1. The van der Waals surface area contributed by atoms with Gasteiger partial charge in [-0.3, -0.25) is 9.79 Å². The average molecular weight is 331 g/mol. The van der Waals surface area contributed by atoms with Gasteiger partial charge in [-0.05, 0) is 44.4 Å². The molecule has 1 amide bonds. The molecule has 0 saturated carbocycles. The van der Waals surface area contributed by atoms with E-state index in [1.807, 2.05) is 69.3 Å². The van der Waals surface area contributed by atoms with Crippen molar-refractivity contribution in [3.8, 4) is 6.07 Å². The summed E-state index contributed by atoms with van der Waals surface area (Å²) in [5, 5.41) is 12.6. The molecule has 0 saturated heterocycles. The van der Waals surface area contributed by atoms with E-state index in [1.54, 1.807) is 0 Å². The van der Waals surface area contributed by atoms with Crippen LogP contribution in [0.15, 0.2) is 53.5 Å². The Morgan fingerprint density at radius 3 is 2.60 bits per heavy atom. The van der Waals surface area contributed by atoms with Gasteiger partial charge in [0.25, 0.3) is 0 Å². The lowest BCUT2D eigenvalue weighted by molar-refractivity contribution is -0.116. The Labute approximate surface area is 148 Å². The number of para-hydroxylation sites is 1. The van der Waals surface area contributed by atoms with Crippen molar-refractivity contribution in [1.82, 2.24) is 0 Å². The van der Waals surface area contributed by atoms with Gasteiger partial charge in [0, 0.05) is 11.3 Å². The maximum atomic E-state index is 12.8. The molecule has 1 aliphatic rings. The standard InChI is InChI=1S/C21H21N3O/c1-14-8-4-7-11-18(14)23-20(25)17(13-22)19-16-10-6-5-9-15(16)12-21(2,3)24-19/h4-11,17H,12H2,1-3H3,(H,23,25)/t17-/m0/s1. The van der Waals surface area contributed by atoms with Gasteiger partial charge >= 0.3 is 0 Å². The van der Waals surface area contributed by atoms with Gasteiger partial charge in [0.1, 0.15) is 0 Å². The molecule has 2 aromatic carbocycles. The molecule has 0 radical (unpaired) electrons. The van der Waals surface area contributed by atoms with E-state index < -0.39 is 5.92 Å². The Bertz CT molecular complexity index is 890. The molecular weight excluding hydrogens is 310 g/mol. The fraction of sp³-hybridized carbons (Fsp3) is 0.286. The normalized spacial score (nSPS) is 16.2. The lowest BCUT2D eigenvalue weighted by Crippen LogP contribution is -2.36. The number of nitriles is 1. The fourth-order valence-corrected chi connectivity index (χ4v) is 3.20. The van der Waals surface area contributed by atoms with E-state index in [1.165, 1.54) is 0 Å². The first-order valence-corrected chi connectivity index (χ1v) is 8.35. The number of carbonyl (C=O) groups excluding carboxylic acids is 1. The first-order valence-electron chi connectivity index (χ1n) is 8.35. The van der Waals surface area contributed by atoms with Gasteiger partial charge in [-0.2, -0.15) is 5.26 Å². The fourth-order valence-electron chi connectivity index (χ4n) is 3.20. The zero-order chi connectivity index (χ0) is 18.0. The monoisotopic (exact) mass is 331 g/mol. The van der Waals surface area contributed by atoms with E-state index in [-0.39, 0.29) is 11.4 Å². The number of carbonyl (C=O) groups is 1. The molecule has 4 heteroatoms. The lowest BCUT2D eigenvalue weighted by atomic mass is 9.83. The minimum Gasteiger partial charge on any atom is -0.324 e. The van der Waals surface area contributed by atoms with Crippen molar-refractivity contribution in [1.29, 1.82) is 5.26 Å². The third-order valence-corrected chi connectivity index (χ3v) is 4.41. The molecule has 4 nitrogen and oxygen atoms in total. The van der Waals surface area contributed by atoms with E-state index in [0.29, 0.717) is 5.71 Å². The second-order valence-corrected chi connectivity index (χ2v) is 7.01. The second kappa shape index (κ2) is 6.52. The molecular formula is C21H21N3O. The molecule has 25 heavy (non-hydrogen) atoms. The van der Waals surface area contributed by atoms with Crippen LogP contribution in [0.3, 0.4) is 0 Å². The van der Waals surface area contributed by atoms with Crippen LogP contribution in [0.5, 0.6) is 0 Å². The summed E-state index contributed by atoms with van der Waals surface area (Å²) in [4.78, 5) is 17.5. The Kier molecular flexibility index (Phi) is 4.41. The van der Waals surface area contributed by atoms with Gasteiger partial charge in [0.05, 0.1) is 17.3 Å². The molecule has 0 spiro atoms. The summed E-state index contributed by atoms with van der Waals surface area (Å²) < 4.78 is 0. The summed E-state index contributed by atoms with van der Waals surface area (Å²) in [6.07, 6.45) is 0.796. The molecule has 3 rings (SSSR count). The van der Waals surface area contributed by atoms with E-state index in [9.17, 15) is 10.1 Å². The zero-order valence-electron chi connectivity index (χ0n) is 14.7. The summed E-state index contributed by atoms with van der Waals surface area (Å²) in [6.45, 7) is 5.97. The van der Waals surface area contributed by atoms with Crippen LogP contribution in [0.4, 0.5) is 5.69 Å². The average Bonchev–Trinajstić information content (AvgIpc) is 2.56. The highest BCUT2D eigenvalue weighted by Gasteiger charge is 2.34. The highest BCUT2D eigenvalue weighted by Crippen LogP contribution is 2.29. The molecule has 1 atom stereocenters. The van der Waals surface area contributed by atoms with Gasteiger partial charge in [-0.25, -0.2) is 0 Å². The topological polar surface area (TPSA) is 65.2 Å². The van der Waals surface area contributed by atoms with Crippen molar-refractivity contribution in [3.05, 3.63) is 65.2 Å². The van der Waals surface area contributed by atoms with E-state index >= 15 is 0 Å². The van der Waals surface area contributed by atoms with Crippen LogP contribution >= 0.6 is 0 Å². The molecule has 0 unspecified atom stereocenters. The van der Waals surface area contributed by atoms with Gasteiger partial charge in [-0.1, -0.05) is 42.5 Å². The number of nitrogens with one attached hydrogen (secondary N) is 1. The molecule has 1 N–H and O–H groups in total. The van der Waals surface area contributed by atoms with Crippen molar-refractivity contribution >= 4 is 17.3 Å². The molecule has 0 aliphatic carbocycles. The lowest BCUT2D eigenvalue weighted by Gasteiger charge is -2.30. The third kappa shape index (κ3) is 3.46. The van der Waals surface area contributed by atoms with Gasteiger partial charge in [0.15, 0.2) is 5.92 Å². The maximum absolute atomic E-state index is 12.8. The first kappa shape index (κ1) is 16.9. The number of nitrogens with zero attached hydrogens (tertiary/aromatic N) is 2. The zero-order valence-corrected chi connectivity index (χ0v) is 14.7. The Morgan fingerprint density at radius 2 is 1.88 bits per heavy atom. The molecule has 1 aliphatic heterocycles. The quantitative estimate of drug-likeness (QED) is 0.927. The number of fused-ring (bicyclic) bond motifs is 1. The predicted octanol–water partition coefficient (Wildman–Crippen LogP) is 3.90. The number of rotatable bonds is 3. The summed E-state index contributed by atoms with van der Waals surface area (Å²) in [7, 11) is 0. The number of aliphatic imine (C=N–C) groups is 1. The van der Waals surface area contributed by atoms with E-state index in [2.05, 4.69) is 11.4 Å². The molecule has 0 fully saturated rings. The van der Waals surface area contributed by atoms with E-state index in [0.717, 1.165) is 28.8 Å². The summed E-state index contributed by atoms with van der Waals surface area (Å²) in [5.41, 5.74) is 3.92. The van der Waals surface area contributed by atoms with Gasteiger partial charge < -0.3 is 5.32 Å². The van der Waals surface area contributed by atoms with Crippen LogP contribution < -0.4 is 5.32 Å². The number of amides is 1. The molecule has 0 aromatic heterocycles. The number of anilines is 1. The molecule has 0 bridgehead atoms. The van der Waals surface area contributed by atoms with E-state index in [4.69, 9.17) is 4.99 Å². The van der Waals surface area contributed by atoms with Crippen molar-refractivity contribution < 1.29 is 4.79 Å². The minimum atomic E-state index is -0.944. The molecule has 1 heterocycles. The van der Waals surface area contributed by atoms with Crippen LogP contribution in [0.25, 0.3) is 0 Å². The smallest absolute Gasteiger partial charge is 0.247 e. The Balaban J connectivity index is 1.97. The third-order valence-electron chi connectivity index (χ3n) is 4.41. The SMILES string of the molecule is Cc1ccccc1NC(=O)[C@@H](C#N)C1=NC(C)(C)Cc2ccccc21. The minimum absolute atomic E-state index is 0.332. The van der Waals surface area contributed by atoms with Gasteiger partial charge in [-0.15, -0.1) is 0 Å². The van der Waals surface area contributed by atoms with Crippen molar-refractivity contribution in [3.63, 3.8) is 0 Å². The van der Waals surface area contributed by atoms with Crippen LogP contribution in [-0.4, -0.2) is 17.2 Å². The Morgan fingerprint density at radius 1 is 1.20 bits per heavy atom. The van der Waals surface area contributed by atoms with Crippen molar-refractivity contribution in [2.45, 2.75) is 32.7 Å². The summed E-state index contributed by atoms with van der Waals surface area (Å²) in [5.74, 6) is -1.29. The number of aryl methyl sites for hydroxylation is 1. The molecule has 126 valence electrons.